The van der Waals surface area contributed by atoms with Crippen molar-refractivity contribution in [3.63, 3.8) is 0 Å². The predicted molar refractivity (Wildman–Crippen MR) is 136 cm³/mol. The van der Waals surface area contributed by atoms with Crippen LogP contribution in [0.5, 0.6) is 17.2 Å². The van der Waals surface area contributed by atoms with Gasteiger partial charge in [0.05, 0.1) is 32.2 Å². The van der Waals surface area contributed by atoms with Crippen LogP contribution >= 0.6 is 0 Å². The molecule has 204 valence electrons. The molecule has 2 fully saturated rings. The summed E-state index contributed by atoms with van der Waals surface area (Å²) in [6.45, 7) is 4.83. The van der Waals surface area contributed by atoms with Crippen molar-refractivity contribution in [3.8, 4) is 28.5 Å². The number of hydrogen-bond donors (Lipinski definition) is 1. The molecule has 1 saturated heterocycles. The zero-order chi connectivity index (χ0) is 26.9. The fraction of sp³-hybridized carbons (Fsp3) is 0.481. The maximum atomic E-state index is 13.3. The van der Waals surface area contributed by atoms with Crippen LogP contribution in [0.1, 0.15) is 37.0 Å². The van der Waals surface area contributed by atoms with Crippen LogP contribution in [0.15, 0.2) is 36.7 Å². The van der Waals surface area contributed by atoms with Crippen molar-refractivity contribution in [3.05, 3.63) is 42.2 Å². The van der Waals surface area contributed by atoms with Crippen LogP contribution in [0.2, 0.25) is 0 Å². The van der Waals surface area contributed by atoms with Gasteiger partial charge in [-0.2, -0.15) is 8.78 Å². The minimum atomic E-state index is -3.11. The molecule has 1 aliphatic heterocycles. The molecule has 0 bridgehead atoms. The minimum absolute atomic E-state index is 0.0425. The summed E-state index contributed by atoms with van der Waals surface area (Å²) in [6.07, 6.45) is 5.15. The number of amides is 1. The van der Waals surface area contributed by atoms with Crippen molar-refractivity contribution in [1.29, 1.82) is 0 Å². The maximum Gasteiger partial charge on any atom is 0.387 e. The van der Waals surface area contributed by atoms with E-state index in [2.05, 4.69) is 29.0 Å². The number of ether oxygens (including phenoxy) is 4. The summed E-state index contributed by atoms with van der Waals surface area (Å²) < 4.78 is 50.1. The zero-order valence-electron chi connectivity index (χ0n) is 21.7. The summed E-state index contributed by atoms with van der Waals surface area (Å²) >= 11 is 0. The number of pyridine rings is 1. The van der Waals surface area contributed by atoms with E-state index in [4.69, 9.17) is 18.9 Å². The summed E-state index contributed by atoms with van der Waals surface area (Å²) in [6, 6.07) is 6.73. The molecule has 0 radical (unpaired) electrons. The highest BCUT2D eigenvalue weighted by Crippen LogP contribution is 2.37. The highest BCUT2D eigenvalue weighted by molar-refractivity contribution is 6.01. The molecule has 1 aromatic carbocycles. The number of fused-ring (bicyclic) bond motifs is 1. The van der Waals surface area contributed by atoms with Crippen LogP contribution in [0.4, 0.5) is 8.78 Å². The van der Waals surface area contributed by atoms with Gasteiger partial charge in [0.15, 0.2) is 0 Å². The third-order valence-corrected chi connectivity index (χ3v) is 6.88. The Morgan fingerprint density at radius 1 is 1.21 bits per heavy atom. The molecule has 38 heavy (non-hydrogen) atoms. The van der Waals surface area contributed by atoms with E-state index in [-0.39, 0.29) is 28.6 Å². The lowest BCUT2D eigenvalue weighted by atomic mass is 10.0. The normalized spacial score (nSPS) is 16.6. The average molecular weight is 531 g/mol. The highest BCUT2D eigenvalue weighted by atomic mass is 19.3. The second kappa shape index (κ2) is 10.7. The molecule has 1 saturated carbocycles. The number of alkyl halides is 2. The number of carbonyl (C=O) groups is 1. The summed E-state index contributed by atoms with van der Waals surface area (Å²) in [5.41, 5.74) is 1.52. The number of nitrogens with one attached hydrogen (secondary N) is 1. The molecular formula is C27H32F2N4O5. The summed E-state index contributed by atoms with van der Waals surface area (Å²) in [5, 5.41) is 2.81. The lowest BCUT2D eigenvalue weighted by Crippen LogP contribution is -2.53. The summed E-state index contributed by atoms with van der Waals surface area (Å²) in [7, 11) is 1.38. The number of rotatable bonds is 10. The largest absolute Gasteiger partial charge is 0.496 e. The molecule has 1 amide bonds. The van der Waals surface area contributed by atoms with Crippen molar-refractivity contribution in [2.45, 2.75) is 44.9 Å². The van der Waals surface area contributed by atoms with Gasteiger partial charge in [-0.1, -0.05) is 0 Å². The Hall–Kier alpha value is -3.44. The molecule has 5 rings (SSSR count). The van der Waals surface area contributed by atoms with E-state index in [1.807, 2.05) is 22.7 Å². The van der Waals surface area contributed by atoms with Gasteiger partial charge in [0.25, 0.3) is 5.91 Å². The minimum Gasteiger partial charge on any atom is -0.496 e. The van der Waals surface area contributed by atoms with E-state index >= 15 is 0 Å². The smallest absolute Gasteiger partial charge is 0.387 e. The van der Waals surface area contributed by atoms with Crippen LogP contribution in [-0.4, -0.2) is 78.4 Å². The van der Waals surface area contributed by atoms with Crippen molar-refractivity contribution in [2.24, 2.45) is 0 Å². The Kier molecular flexibility index (Phi) is 7.40. The Morgan fingerprint density at radius 2 is 1.95 bits per heavy atom. The monoisotopic (exact) mass is 530 g/mol. The first-order valence-corrected chi connectivity index (χ1v) is 12.7. The number of nitrogens with zero attached hydrogens (tertiary/aromatic N) is 3. The fourth-order valence-corrected chi connectivity index (χ4v) is 4.58. The van der Waals surface area contributed by atoms with Gasteiger partial charge in [-0.3, -0.25) is 14.1 Å². The molecule has 3 heterocycles. The molecule has 11 heteroatoms. The van der Waals surface area contributed by atoms with E-state index in [1.165, 1.54) is 13.2 Å². The van der Waals surface area contributed by atoms with Crippen molar-refractivity contribution in [1.82, 2.24) is 19.6 Å². The Balaban J connectivity index is 1.41. The molecule has 0 spiro atoms. The number of hydrogen-bond acceptors (Lipinski definition) is 7. The van der Waals surface area contributed by atoms with Crippen LogP contribution in [0.25, 0.3) is 16.9 Å². The van der Waals surface area contributed by atoms with E-state index in [0.29, 0.717) is 42.5 Å². The zero-order valence-corrected chi connectivity index (χ0v) is 21.7. The topological polar surface area (TPSA) is 86.6 Å². The number of benzene rings is 1. The standard InChI is InChI=1S/C27H32F2N4O5/c1-27(2,32-8-10-36-11-9-32)16-37-19-6-7-33-20(15-30-23(33)14-19)17-12-21(35-3)24(22(13-17)38-26(28)29)25(34)31-18-4-5-18/h6-7,12-15,18,26H,4-5,8-11,16H2,1-3H3,(H,31,34). The Labute approximate surface area is 219 Å². The van der Waals surface area contributed by atoms with Crippen LogP contribution in [0, 0.1) is 0 Å². The Morgan fingerprint density at radius 3 is 2.63 bits per heavy atom. The third-order valence-electron chi connectivity index (χ3n) is 6.88. The number of imidazole rings is 1. The van der Waals surface area contributed by atoms with E-state index in [9.17, 15) is 13.6 Å². The van der Waals surface area contributed by atoms with Gasteiger partial charge < -0.3 is 24.3 Å². The quantitative estimate of drug-likeness (QED) is 0.424. The second-order valence-corrected chi connectivity index (χ2v) is 10.1. The van der Waals surface area contributed by atoms with Gasteiger partial charge in [0.2, 0.25) is 0 Å². The molecule has 2 aliphatic rings. The van der Waals surface area contributed by atoms with Crippen LogP contribution in [-0.2, 0) is 4.74 Å². The SMILES string of the molecule is COc1cc(-c2cnc3cc(OCC(C)(C)N4CCOCC4)ccn23)cc(OC(F)F)c1C(=O)NC1CC1. The summed E-state index contributed by atoms with van der Waals surface area (Å²) in [4.78, 5) is 19.6. The third kappa shape index (κ3) is 5.68. The number of morpholine rings is 1. The van der Waals surface area contributed by atoms with Gasteiger partial charge in [0.1, 0.15) is 35.1 Å². The maximum absolute atomic E-state index is 13.3. The molecule has 1 N–H and O–H groups in total. The molecular weight excluding hydrogens is 498 g/mol. The molecule has 9 nitrogen and oxygen atoms in total. The molecule has 2 aromatic heterocycles. The van der Waals surface area contributed by atoms with E-state index in [0.717, 1.165) is 25.9 Å². The highest BCUT2D eigenvalue weighted by Gasteiger charge is 2.30. The average Bonchev–Trinajstić information content (AvgIpc) is 3.62. The molecule has 1 aliphatic carbocycles. The number of methoxy groups -OCH3 is 1. The second-order valence-electron chi connectivity index (χ2n) is 10.1. The van der Waals surface area contributed by atoms with Gasteiger partial charge >= 0.3 is 6.61 Å². The summed E-state index contributed by atoms with van der Waals surface area (Å²) in [5.74, 6) is 0.0400. The number of carbonyl (C=O) groups excluding carboxylic acids is 1. The van der Waals surface area contributed by atoms with E-state index < -0.39 is 12.5 Å². The fourth-order valence-electron chi connectivity index (χ4n) is 4.58. The van der Waals surface area contributed by atoms with Crippen molar-refractivity contribution in [2.75, 3.05) is 40.0 Å². The van der Waals surface area contributed by atoms with E-state index in [1.54, 1.807) is 12.3 Å². The van der Waals surface area contributed by atoms with Crippen molar-refractivity contribution >= 4 is 11.6 Å². The van der Waals surface area contributed by atoms with Gasteiger partial charge in [-0.05, 0) is 44.9 Å². The van der Waals surface area contributed by atoms with Gasteiger partial charge in [0, 0.05) is 42.5 Å². The first-order valence-electron chi connectivity index (χ1n) is 12.7. The molecule has 3 aromatic rings. The first kappa shape index (κ1) is 26.2. The molecule has 0 atom stereocenters. The van der Waals surface area contributed by atoms with Crippen LogP contribution < -0.4 is 19.5 Å². The number of halogens is 2. The van der Waals surface area contributed by atoms with Crippen LogP contribution in [0.3, 0.4) is 0 Å². The predicted octanol–water partition coefficient (Wildman–Crippen LogP) is 3.99. The number of aromatic nitrogens is 2. The Bertz CT molecular complexity index is 1300. The molecule has 0 unspecified atom stereocenters. The van der Waals surface area contributed by atoms with Gasteiger partial charge in [-0.15, -0.1) is 0 Å². The lowest BCUT2D eigenvalue weighted by molar-refractivity contribution is -0.0502. The van der Waals surface area contributed by atoms with Gasteiger partial charge in [-0.25, -0.2) is 4.98 Å². The lowest BCUT2D eigenvalue weighted by Gasteiger charge is -2.40. The first-order chi connectivity index (χ1) is 18.2. The van der Waals surface area contributed by atoms with Crippen molar-refractivity contribution < 1.29 is 32.5 Å².